The lowest BCUT2D eigenvalue weighted by molar-refractivity contribution is -0.122. The number of hydrogen-bond acceptors (Lipinski definition) is 2. The van der Waals surface area contributed by atoms with E-state index in [1.165, 1.54) is 12.1 Å². The lowest BCUT2D eigenvalue weighted by Gasteiger charge is -2.13. The lowest BCUT2D eigenvalue weighted by atomic mass is 10.2. The average molecular weight is 317 g/mol. The molecule has 2 N–H and O–H groups in total. The Hall–Kier alpha value is -1.43. The normalized spacial score (nSPS) is 11.8. The van der Waals surface area contributed by atoms with Crippen molar-refractivity contribution in [3.05, 3.63) is 34.1 Å². The van der Waals surface area contributed by atoms with Gasteiger partial charge in [-0.25, -0.2) is 4.39 Å². The molecule has 18 heavy (non-hydrogen) atoms. The largest absolute Gasteiger partial charge is 0.355 e. The number of nitrogens with one attached hydrogen (secondary N) is 2. The molecule has 1 aromatic carbocycles. The SMILES string of the molecule is CCNC(=O)[C@H](C)NC(=O)c1ccc(Br)cc1F. The van der Waals surface area contributed by atoms with Crippen LogP contribution in [0.3, 0.4) is 0 Å². The second-order valence-corrected chi connectivity index (χ2v) is 4.63. The van der Waals surface area contributed by atoms with Gasteiger partial charge in [0.2, 0.25) is 5.91 Å². The molecule has 4 nitrogen and oxygen atoms in total. The summed E-state index contributed by atoms with van der Waals surface area (Å²) < 4.78 is 14.1. The van der Waals surface area contributed by atoms with Gasteiger partial charge in [-0.3, -0.25) is 9.59 Å². The molecule has 0 spiro atoms. The number of halogens is 2. The van der Waals surface area contributed by atoms with Crippen LogP contribution in [0.5, 0.6) is 0 Å². The standard InChI is InChI=1S/C12H14BrFN2O2/c1-3-15-11(17)7(2)16-12(18)9-5-4-8(13)6-10(9)14/h4-7H,3H2,1-2H3,(H,15,17)(H,16,18)/t7-/m0/s1. The van der Waals surface area contributed by atoms with Gasteiger partial charge in [-0.2, -0.15) is 0 Å². The highest BCUT2D eigenvalue weighted by atomic mass is 79.9. The van der Waals surface area contributed by atoms with Crippen molar-refractivity contribution in [3.63, 3.8) is 0 Å². The summed E-state index contributed by atoms with van der Waals surface area (Å²) in [4.78, 5) is 23.2. The van der Waals surface area contributed by atoms with E-state index in [9.17, 15) is 14.0 Å². The zero-order valence-electron chi connectivity index (χ0n) is 10.1. The van der Waals surface area contributed by atoms with Gasteiger partial charge in [0, 0.05) is 11.0 Å². The van der Waals surface area contributed by atoms with Crippen LogP contribution in [0.4, 0.5) is 4.39 Å². The summed E-state index contributed by atoms with van der Waals surface area (Å²) in [5, 5.41) is 5.01. The molecule has 0 unspecified atom stereocenters. The fraction of sp³-hybridized carbons (Fsp3) is 0.333. The van der Waals surface area contributed by atoms with Gasteiger partial charge in [-0.05, 0) is 32.0 Å². The first-order valence-corrected chi connectivity index (χ1v) is 6.28. The summed E-state index contributed by atoms with van der Waals surface area (Å²) in [7, 11) is 0. The Morgan fingerprint density at radius 1 is 1.44 bits per heavy atom. The van der Waals surface area contributed by atoms with E-state index >= 15 is 0 Å². The molecule has 0 aliphatic carbocycles. The van der Waals surface area contributed by atoms with Crippen LogP contribution in [0.25, 0.3) is 0 Å². The highest BCUT2D eigenvalue weighted by Crippen LogP contribution is 2.15. The van der Waals surface area contributed by atoms with Gasteiger partial charge in [-0.1, -0.05) is 15.9 Å². The summed E-state index contributed by atoms with van der Waals surface area (Å²) in [6, 6.07) is 3.42. The van der Waals surface area contributed by atoms with Gasteiger partial charge >= 0.3 is 0 Å². The molecule has 0 radical (unpaired) electrons. The Balaban J connectivity index is 2.73. The number of rotatable bonds is 4. The van der Waals surface area contributed by atoms with Crippen LogP contribution < -0.4 is 10.6 Å². The number of amides is 2. The van der Waals surface area contributed by atoms with Crippen molar-refractivity contribution in [3.8, 4) is 0 Å². The third-order valence-corrected chi connectivity index (χ3v) is 2.76. The molecule has 0 aromatic heterocycles. The number of benzene rings is 1. The van der Waals surface area contributed by atoms with E-state index in [4.69, 9.17) is 0 Å². The van der Waals surface area contributed by atoms with Crippen molar-refractivity contribution in [1.82, 2.24) is 10.6 Å². The minimum absolute atomic E-state index is 0.0886. The topological polar surface area (TPSA) is 58.2 Å². The second kappa shape index (κ2) is 6.49. The molecule has 0 saturated heterocycles. The van der Waals surface area contributed by atoms with Gasteiger partial charge in [0.1, 0.15) is 11.9 Å². The Kier molecular flexibility index (Phi) is 5.27. The average Bonchev–Trinajstić information content (AvgIpc) is 2.28. The minimum atomic E-state index is -0.708. The molecule has 2 amide bonds. The quantitative estimate of drug-likeness (QED) is 0.890. The van der Waals surface area contributed by atoms with Gasteiger partial charge in [0.15, 0.2) is 0 Å². The number of likely N-dealkylation sites (N-methyl/N-ethyl adjacent to an activating group) is 1. The van der Waals surface area contributed by atoms with E-state index in [1.807, 2.05) is 0 Å². The van der Waals surface area contributed by atoms with Gasteiger partial charge in [-0.15, -0.1) is 0 Å². The maximum Gasteiger partial charge on any atom is 0.254 e. The molecule has 0 bridgehead atoms. The molecule has 1 rings (SSSR count). The molecule has 0 aliphatic rings. The van der Waals surface area contributed by atoms with Gasteiger partial charge in [0.05, 0.1) is 5.56 Å². The van der Waals surface area contributed by atoms with E-state index in [2.05, 4.69) is 26.6 Å². The van der Waals surface area contributed by atoms with Gasteiger partial charge < -0.3 is 10.6 Å². The van der Waals surface area contributed by atoms with Crippen LogP contribution in [-0.2, 0) is 4.79 Å². The van der Waals surface area contributed by atoms with Crippen LogP contribution in [0.15, 0.2) is 22.7 Å². The fourth-order valence-corrected chi connectivity index (χ4v) is 1.67. The molecule has 1 atom stereocenters. The third kappa shape index (κ3) is 3.80. The zero-order valence-corrected chi connectivity index (χ0v) is 11.7. The first-order chi connectivity index (χ1) is 8.45. The molecule has 98 valence electrons. The summed E-state index contributed by atoms with van der Waals surface area (Å²) in [5.41, 5.74) is -0.0886. The van der Waals surface area contributed by atoms with Crippen LogP contribution in [-0.4, -0.2) is 24.4 Å². The van der Waals surface area contributed by atoms with E-state index < -0.39 is 17.8 Å². The monoisotopic (exact) mass is 316 g/mol. The molecule has 0 heterocycles. The molecule has 0 aliphatic heterocycles. The lowest BCUT2D eigenvalue weighted by Crippen LogP contribution is -2.44. The van der Waals surface area contributed by atoms with Crippen LogP contribution in [0, 0.1) is 5.82 Å². The van der Waals surface area contributed by atoms with Crippen molar-refractivity contribution >= 4 is 27.7 Å². The first-order valence-electron chi connectivity index (χ1n) is 5.49. The van der Waals surface area contributed by atoms with Crippen molar-refractivity contribution in [2.45, 2.75) is 19.9 Å². The summed E-state index contributed by atoms with van der Waals surface area (Å²) >= 11 is 3.10. The van der Waals surface area contributed by atoms with E-state index in [0.29, 0.717) is 11.0 Å². The first kappa shape index (κ1) is 14.6. The van der Waals surface area contributed by atoms with Crippen LogP contribution in [0.1, 0.15) is 24.2 Å². The highest BCUT2D eigenvalue weighted by Gasteiger charge is 2.18. The van der Waals surface area contributed by atoms with Crippen LogP contribution in [0.2, 0.25) is 0 Å². The minimum Gasteiger partial charge on any atom is -0.355 e. The fourth-order valence-electron chi connectivity index (χ4n) is 1.34. The highest BCUT2D eigenvalue weighted by molar-refractivity contribution is 9.10. The van der Waals surface area contributed by atoms with Gasteiger partial charge in [0.25, 0.3) is 5.91 Å². The van der Waals surface area contributed by atoms with Crippen molar-refractivity contribution in [2.75, 3.05) is 6.54 Å². The molecule has 0 fully saturated rings. The smallest absolute Gasteiger partial charge is 0.254 e. The van der Waals surface area contributed by atoms with Crippen LogP contribution >= 0.6 is 15.9 Å². The Labute approximate surface area is 113 Å². The molecular weight excluding hydrogens is 303 g/mol. The van der Waals surface area contributed by atoms with E-state index in [-0.39, 0.29) is 11.5 Å². The number of hydrogen-bond donors (Lipinski definition) is 2. The molecule has 0 saturated carbocycles. The van der Waals surface area contributed by atoms with Crippen molar-refractivity contribution in [1.29, 1.82) is 0 Å². The molecule has 1 aromatic rings. The van der Waals surface area contributed by atoms with Crippen molar-refractivity contribution < 1.29 is 14.0 Å². The maximum absolute atomic E-state index is 13.5. The third-order valence-electron chi connectivity index (χ3n) is 2.27. The summed E-state index contributed by atoms with van der Waals surface area (Å²) in [6.45, 7) is 3.80. The zero-order chi connectivity index (χ0) is 13.7. The number of carbonyl (C=O) groups is 2. The predicted octanol–water partition coefficient (Wildman–Crippen LogP) is 1.84. The summed E-state index contributed by atoms with van der Waals surface area (Å²) in [6.07, 6.45) is 0. The number of carbonyl (C=O) groups excluding carboxylic acids is 2. The Bertz CT molecular complexity index is 465. The molecule has 6 heteroatoms. The predicted molar refractivity (Wildman–Crippen MR) is 69.7 cm³/mol. The Morgan fingerprint density at radius 2 is 2.11 bits per heavy atom. The van der Waals surface area contributed by atoms with E-state index in [0.717, 1.165) is 0 Å². The van der Waals surface area contributed by atoms with Crippen molar-refractivity contribution in [2.24, 2.45) is 0 Å². The maximum atomic E-state index is 13.5. The molecular formula is C12H14BrFN2O2. The Morgan fingerprint density at radius 3 is 2.67 bits per heavy atom. The van der Waals surface area contributed by atoms with E-state index in [1.54, 1.807) is 19.9 Å². The summed E-state index contributed by atoms with van der Waals surface area (Å²) in [5.74, 6) is -1.55. The second-order valence-electron chi connectivity index (χ2n) is 3.71.